The number of quaternary nitrogens is 1. The summed E-state index contributed by atoms with van der Waals surface area (Å²) in [6, 6.07) is 5.50. The minimum absolute atomic E-state index is 0.594. The standard InChI is InChI=1S/C14H15F3N2/c1-2-6-18-7-9-19(10-8-18)13-5-3-4-12(11-13)14(15,16)17/h1,3-5,11H,6-10H2/p+1. The van der Waals surface area contributed by atoms with Gasteiger partial charge in [-0.1, -0.05) is 6.07 Å². The van der Waals surface area contributed by atoms with Crippen LogP contribution in [0, 0.1) is 12.3 Å². The summed E-state index contributed by atoms with van der Waals surface area (Å²) in [5, 5.41) is 0. The van der Waals surface area contributed by atoms with Crippen LogP contribution in [0.2, 0.25) is 0 Å². The molecule has 102 valence electrons. The van der Waals surface area contributed by atoms with Crippen LogP contribution in [0.15, 0.2) is 24.3 Å². The Morgan fingerprint density at radius 2 is 1.95 bits per heavy atom. The number of piperazine rings is 1. The molecule has 0 amide bonds. The maximum atomic E-state index is 12.7. The number of hydrogen-bond acceptors (Lipinski definition) is 1. The second-order valence-corrected chi connectivity index (χ2v) is 4.67. The van der Waals surface area contributed by atoms with Crippen LogP contribution in [0.3, 0.4) is 0 Å². The molecule has 0 atom stereocenters. The highest BCUT2D eigenvalue weighted by atomic mass is 19.4. The first-order chi connectivity index (χ1) is 9.00. The molecule has 1 N–H and O–H groups in total. The molecule has 0 saturated carbocycles. The molecule has 2 rings (SSSR count). The molecule has 0 bridgehead atoms. The Hall–Kier alpha value is -1.67. The number of alkyl halides is 3. The van der Waals surface area contributed by atoms with Gasteiger partial charge in [0.25, 0.3) is 0 Å². The molecule has 1 saturated heterocycles. The van der Waals surface area contributed by atoms with E-state index in [0.29, 0.717) is 12.2 Å². The van der Waals surface area contributed by atoms with Crippen molar-refractivity contribution in [2.45, 2.75) is 6.18 Å². The van der Waals surface area contributed by atoms with Gasteiger partial charge in [-0.3, -0.25) is 0 Å². The SMILES string of the molecule is C#CC[NH+]1CCN(c2cccc(C(F)(F)F)c2)CC1. The van der Waals surface area contributed by atoms with E-state index in [1.807, 2.05) is 4.90 Å². The van der Waals surface area contributed by atoms with Gasteiger partial charge in [0.05, 0.1) is 31.7 Å². The molecule has 1 aliphatic rings. The molecule has 0 spiro atoms. The Morgan fingerprint density at radius 3 is 2.53 bits per heavy atom. The van der Waals surface area contributed by atoms with E-state index in [0.717, 1.165) is 32.2 Å². The lowest BCUT2D eigenvalue weighted by Crippen LogP contribution is -3.14. The first kappa shape index (κ1) is 13.8. The Bertz CT molecular complexity index is 468. The van der Waals surface area contributed by atoms with Crippen LogP contribution in [0.1, 0.15) is 5.56 Å². The lowest BCUT2D eigenvalue weighted by atomic mass is 10.1. The lowest BCUT2D eigenvalue weighted by Gasteiger charge is -2.33. The van der Waals surface area contributed by atoms with E-state index in [9.17, 15) is 13.2 Å². The van der Waals surface area contributed by atoms with E-state index in [1.165, 1.54) is 17.0 Å². The fourth-order valence-corrected chi connectivity index (χ4v) is 2.28. The molecule has 1 aromatic carbocycles. The highest BCUT2D eigenvalue weighted by Gasteiger charge is 2.31. The molecule has 0 aliphatic carbocycles. The van der Waals surface area contributed by atoms with Crippen molar-refractivity contribution in [3.05, 3.63) is 29.8 Å². The summed E-state index contributed by atoms with van der Waals surface area (Å²) < 4.78 is 38.0. The summed E-state index contributed by atoms with van der Waals surface area (Å²) in [4.78, 5) is 3.29. The third-order valence-electron chi connectivity index (χ3n) is 3.36. The Kier molecular flexibility index (Phi) is 4.01. The number of hydrogen-bond donors (Lipinski definition) is 1. The lowest BCUT2D eigenvalue weighted by molar-refractivity contribution is -0.893. The topological polar surface area (TPSA) is 7.68 Å². The smallest absolute Gasteiger partial charge is 0.360 e. The fraction of sp³-hybridized carbons (Fsp3) is 0.429. The predicted octanol–water partition coefficient (Wildman–Crippen LogP) is 1.04. The molecular weight excluding hydrogens is 253 g/mol. The minimum Gasteiger partial charge on any atom is -0.360 e. The molecule has 1 heterocycles. The maximum absolute atomic E-state index is 12.7. The van der Waals surface area contributed by atoms with Crippen molar-refractivity contribution in [3.8, 4) is 12.3 Å². The number of halogens is 3. The van der Waals surface area contributed by atoms with Crippen LogP contribution >= 0.6 is 0 Å². The molecular formula is C14H16F3N2+. The van der Waals surface area contributed by atoms with E-state index in [2.05, 4.69) is 5.92 Å². The summed E-state index contributed by atoms with van der Waals surface area (Å²) in [5.41, 5.74) is 0.0398. The first-order valence-corrected chi connectivity index (χ1v) is 6.20. The summed E-state index contributed by atoms with van der Waals surface area (Å²) in [7, 11) is 0. The monoisotopic (exact) mass is 269 g/mol. The number of benzene rings is 1. The summed E-state index contributed by atoms with van der Waals surface area (Å²) in [6.07, 6.45) is 0.978. The van der Waals surface area contributed by atoms with E-state index < -0.39 is 11.7 Å². The number of terminal acetylenes is 1. The molecule has 2 nitrogen and oxygen atoms in total. The summed E-state index contributed by atoms with van der Waals surface area (Å²) >= 11 is 0. The number of nitrogens with one attached hydrogen (secondary N) is 1. The highest BCUT2D eigenvalue weighted by molar-refractivity contribution is 5.49. The van der Waals surface area contributed by atoms with Crippen molar-refractivity contribution < 1.29 is 18.1 Å². The molecule has 19 heavy (non-hydrogen) atoms. The van der Waals surface area contributed by atoms with Gasteiger partial charge in [0.2, 0.25) is 0 Å². The number of rotatable bonds is 2. The van der Waals surface area contributed by atoms with Crippen LogP contribution < -0.4 is 9.80 Å². The summed E-state index contributed by atoms with van der Waals surface area (Å²) in [6.45, 7) is 3.87. The van der Waals surface area contributed by atoms with Gasteiger partial charge in [0.1, 0.15) is 6.54 Å². The van der Waals surface area contributed by atoms with Gasteiger partial charge in [-0.25, -0.2) is 0 Å². The van der Waals surface area contributed by atoms with Gasteiger partial charge in [-0.05, 0) is 24.1 Å². The molecule has 0 unspecified atom stereocenters. The van der Waals surface area contributed by atoms with E-state index in [1.54, 1.807) is 6.07 Å². The van der Waals surface area contributed by atoms with Gasteiger partial charge in [-0.2, -0.15) is 13.2 Å². The van der Waals surface area contributed by atoms with Gasteiger partial charge in [0.15, 0.2) is 0 Å². The van der Waals surface area contributed by atoms with Crippen molar-refractivity contribution in [1.29, 1.82) is 0 Å². The normalized spacial score (nSPS) is 17.3. The van der Waals surface area contributed by atoms with Crippen LogP contribution in [0.4, 0.5) is 18.9 Å². The van der Waals surface area contributed by atoms with Crippen LogP contribution in [0.25, 0.3) is 0 Å². The maximum Gasteiger partial charge on any atom is 0.416 e. The average Bonchev–Trinajstić information content (AvgIpc) is 2.39. The number of nitrogens with zero attached hydrogens (tertiary/aromatic N) is 1. The summed E-state index contributed by atoms with van der Waals surface area (Å²) in [5.74, 6) is 2.62. The quantitative estimate of drug-likeness (QED) is 0.788. The molecule has 0 aromatic heterocycles. The number of anilines is 1. The molecule has 1 aliphatic heterocycles. The second-order valence-electron chi connectivity index (χ2n) is 4.67. The van der Waals surface area contributed by atoms with Gasteiger partial charge in [0, 0.05) is 5.69 Å². The zero-order valence-corrected chi connectivity index (χ0v) is 10.5. The Balaban J connectivity index is 2.06. The molecule has 5 heteroatoms. The highest BCUT2D eigenvalue weighted by Crippen LogP contribution is 2.31. The van der Waals surface area contributed by atoms with E-state index in [4.69, 9.17) is 6.42 Å². The van der Waals surface area contributed by atoms with Crippen molar-refractivity contribution >= 4 is 5.69 Å². The van der Waals surface area contributed by atoms with Crippen molar-refractivity contribution in [2.75, 3.05) is 37.6 Å². The third-order valence-corrected chi connectivity index (χ3v) is 3.36. The van der Waals surface area contributed by atoms with Crippen molar-refractivity contribution in [1.82, 2.24) is 0 Å². The van der Waals surface area contributed by atoms with Crippen LogP contribution in [-0.2, 0) is 6.18 Å². The van der Waals surface area contributed by atoms with Crippen molar-refractivity contribution in [2.24, 2.45) is 0 Å². The fourth-order valence-electron chi connectivity index (χ4n) is 2.28. The van der Waals surface area contributed by atoms with Gasteiger partial charge >= 0.3 is 6.18 Å². The Labute approximate surface area is 110 Å². The van der Waals surface area contributed by atoms with Crippen LogP contribution in [-0.4, -0.2) is 32.7 Å². The zero-order valence-electron chi connectivity index (χ0n) is 10.5. The van der Waals surface area contributed by atoms with E-state index >= 15 is 0 Å². The van der Waals surface area contributed by atoms with Crippen LogP contribution in [0.5, 0.6) is 0 Å². The molecule has 1 aromatic rings. The van der Waals surface area contributed by atoms with E-state index in [-0.39, 0.29) is 0 Å². The molecule has 0 radical (unpaired) electrons. The van der Waals surface area contributed by atoms with Gasteiger partial charge in [-0.15, -0.1) is 6.42 Å². The Morgan fingerprint density at radius 1 is 1.26 bits per heavy atom. The minimum atomic E-state index is -4.29. The zero-order chi connectivity index (χ0) is 13.9. The second kappa shape index (κ2) is 5.54. The van der Waals surface area contributed by atoms with Crippen molar-refractivity contribution in [3.63, 3.8) is 0 Å². The third kappa shape index (κ3) is 3.42. The average molecular weight is 269 g/mol. The largest absolute Gasteiger partial charge is 0.416 e. The first-order valence-electron chi connectivity index (χ1n) is 6.20. The van der Waals surface area contributed by atoms with Gasteiger partial charge < -0.3 is 9.80 Å². The molecule has 1 fully saturated rings. The predicted molar refractivity (Wildman–Crippen MR) is 68.1 cm³/mol.